The van der Waals surface area contributed by atoms with Crippen molar-refractivity contribution in [3.8, 4) is 0 Å². The molecule has 0 aliphatic carbocycles. The molecular formula is C43H80ClNO4. The molecule has 0 aromatic carbocycles. The minimum absolute atomic E-state index is 0.0603. The molecule has 6 heteroatoms. The molecule has 0 rings (SSSR count). The van der Waals surface area contributed by atoms with Crippen molar-refractivity contribution in [2.24, 2.45) is 0 Å². The Balaban J connectivity index is -0.00000326. The van der Waals surface area contributed by atoms with E-state index in [1.165, 1.54) is 116 Å². The Morgan fingerprint density at radius 1 is 0.653 bits per heavy atom. The molecule has 0 spiro atoms. The van der Waals surface area contributed by atoms with Crippen LogP contribution in [0.5, 0.6) is 0 Å². The third-order valence-electron chi connectivity index (χ3n) is 8.08. The number of ether oxygens (including phenoxy) is 2. The predicted octanol–water partition coefficient (Wildman–Crippen LogP) is 13.1. The number of esters is 1. The molecular weight excluding hydrogens is 630 g/mol. The number of aldehydes is 1. The largest absolute Gasteiger partial charge is 0.489 e. The first-order valence-electron chi connectivity index (χ1n) is 20.2. The quantitative estimate of drug-likeness (QED) is 0.0127. The summed E-state index contributed by atoms with van der Waals surface area (Å²) in [5.41, 5.74) is 2.97. The number of nitrogens with zero attached hydrogens (tertiary/aromatic N) is 1. The zero-order chi connectivity index (χ0) is 36.9. The smallest absolute Gasteiger partial charge is 0.305 e. The lowest BCUT2D eigenvalue weighted by Crippen LogP contribution is -2.27. The Labute approximate surface area is 310 Å². The van der Waals surface area contributed by atoms with Crippen LogP contribution in [0.15, 0.2) is 42.4 Å². The van der Waals surface area contributed by atoms with Gasteiger partial charge < -0.3 is 14.3 Å². The maximum absolute atomic E-state index is 12.0. The standard InChI is InChI=1S/C39H71NO3.C2H3ClO.C2H6/c1-5-8-10-12-14-16-18-19-20-21-23-24-26-28-30-32-38(7-3)42-36-34-40(4)35-37-43-39(41)33-31-29-27-25-22-17-15-13-11-9-6-2;3-1-2-4;1-2/h14,16,19-20H,3,5-6,8-13,15,17-18,21-37H2,1-2,4H3;2H,1H2;1-2H3/b16-14-,20-19-;;. The third-order valence-corrected chi connectivity index (χ3v) is 8.21. The average Bonchev–Trinajstić information content (AvgIpc) is 3.12. The summed E-state index contributed by atoms with van der Waals surface area (Å²) < 4.78 is 11.3. The minimum atomic E-state index is -0.0603. The van der Waals surface area contributed by atoms with Gasteiger partial charge in [-0.1, -0.05) is 161 Å². The minimum Gasteiger partial charge on any atom is -0.489 e. The fourth-order valence-corrected chi connectivity index (χ4v) is 5.07. The lowest BCUT2D eigenvalue weighted by atomic mass is 10.1. The number of likely N-dealkylation sites (N-methyl/N-ethyl adjacent to an activating group) is 1. The third kappa shape index (κ3) is 48.4. The molecule has 0 radical (unpaired) electrons. The van der Waals surface area contributed by atoms with Crippen LogP contribution in [0, 0.1) is 0 Å². The van der Waals surface area contributed by atoms with Crippen LogP contribution in [-0.2, 0) is 19.1 Å². The fourth-order valence-electron chi connectivity index (χ4n) is 5.07. The van der Waals surface area contributed by atoms with Crippen molar-refractivity contribution in [1.82, 2.24) is 4.90 Å². The van der Waals surface area contributed by atoms with Gasteiger partial charge in [0.15, 0.2) is 0 Å². The first-order chi connectivity index (χ1) is 24.0. The van der Waals surface area contributed by atoms with E-state index in [1.54, 1.807) is 0 Å². The number of hydrogen-bond donors (Lipinski definition) is 0. The molecule has 288 valence electrons. The number of hydrogen-bond acceptors (Lipinski definition) is 5. The van der Waals surface area contributed by atoms with Gasteiger partial charge in [-0.05, 0) is 52.0 Å². The number of rotatable bonds is 34. The maximum atomic E-state index is 12.0. The van der Waals surface area contributed by atoms with Gasteiger partial charge in [-0.3, -0.25) is 9.69 Å². The van der Waals surface area contributed by atoms with Crippen LogP contribution in [0.1, 0.15) is 182 Å². The summed E-state index contributed by atoms with van der Waals surface area (Å²) in [6, 6.07) is 0. The number of carbonyl (C=O) groups excluding carboxylic acids is 2. The van der Waals surface area contributed by atoms with Gasteiger partial charge in [-0.15, -0.1) is 11.6 Å². The second kappa shape index (κ2) is 48.3. The van der Waals surface area contributed by atoms with E-state index in [2.05, 4.69) is 55.4 Å². The van der Waals surface area contributed by atoms with Crippen LogP contribution in [0.25, 0.3) is 0 Å². The Hall–Kier alpha value is -1.81. The van der Waals surface area contributed by atoms with Gasteiger partial charge in [0.2, 0.25) is 0 Å². The van der Waals surface area contributed by atoms with Crippen LogP contribution in [0.2, 0.25) is 0 Å². The monoisotopic (exact) mass is 710 g/mol. The van der Waals surface area contributed by atoms with Gasteiger partial charge in [0, 0.05) is 25.9 Å². The Morgan fingerprint density at radius 2 is 1.06 bits per heavy atom. The van der Waals surface area contributed by atoms with E-state index >= 15 is 0 Å². The molecule has 0 aliphatic heterocycles. The number of alkyl halides is 1. The van der Waals surface area contributed by atoms with Crippen LogP contribution in [0.3, 0.4) is 0 Å². The highest BCUT2D eigenvalue weighted by molar-refractivity contribution is 6.24. The SMILES string of the molecule is C=C=C(CCCCCCC/C=C\C/C=C\CCCCC)OCCN(C)CCOC(=O)CCCCCCCCCCCCC.CC.O=CCCl. The molecule has 5 nitrogen and oxygen atoms in total. The summed E-state index contributed by atoms with van der Waals surface area (Å²) in [6.07, 6.45) is 39.2. The van der Waals surface area contributed by atoms with E-state index in [1.807, 2.05) is 20.9 Å². The Kier molecular flexibility index (Phi) is 50.8. The van der Waals surface area contributed by atoms with Crippen molar-refractivity contribution < 1.29 is 19.1 Å². The molecule has 0 aliphatic rings. The lowest BCUT2D eigenvalue weighted by molar-refractivity contribution is -0.144. The van der Waals surface area contributed by atoms with E-state index < -0.39 is 0 Å². The van der Waals surface area contributed by atoms with E-state index in [9.17, 15) is 4.79 Å². The molecule has 0 amide bonds. The maximum Gasteiger partial charge on any atom is 0.305 e. The topological polar surface area (TPSA) is 55.8 Å². The molecule has 0 heterocycles. The summed E-state index contributed by atoms with van der Waals surface area (Å²) in [4.78, 5) is 23.2. The predicted molar refractivity (Wildman–Crippen MR) is 216 cm³/mol. The fraction of sp³-hybridized carbons (Fsp3) is 0.791. The number of carbonyl (C=O) groups is 2. The molecule has 0 aromatic heterocycles. The normalized spacial score (nSPS) is 10.8. The molecule has 49 heavy (non-hydrogen) atoms. The van der Waals surface area contributed by atoms with Gasteiger partial charge in [0.1, 0.15) is 25.3 Å². The van der Waals surface area contributed by atoms with Crippen molar-refractivity contribution in [2.75, 3.05) is 39.2 Å². The molecule has 0 saturated carbocycles. The van der Waals surface area contributed by atoms with Gasteiger partial charge in [0.05, 0.1) is 5.88 Å². The summed E-state index contributed by atoms with van der Waals surface area (Å²) >= 11 is 4.82. The van der Waals surface area contributed by atoms with Crippen molar-refractivity contribution in [3.63, 3.8) is 0 Å². The second-order valence-corrected chi connectivity index (χ2v) is 12.9. The van der Waals surface area contributed by atoms with Crippen molar-refractivity contribution in [1.29, 1.82) is 0 Å². The molecule has 0 bridgehead atoms. The molecule has 0 N–H and O–H groups in total. The van der Waals surface area contributed by atoms with E-state index in [0.717, 1.165) is 51.0 Å². The molecule has 0 unspecified atom stereocenters. The number of halogens is 1. The summed E-state index contributed by atoms with van der Waals surface area (Å²) in [7, 11) is 2.04. The first-order valence-corrected chi connectivity index (χ1v) is 20.7. The van der Waals surface area contributed by atoms with E-state index in [-0.39, 0.29) is 11.8 Å². The highest BCUT2D eigenvalue weighted by Crippen LogP contribution is 2.14. The summed E-state index contributed by atoms with van der Waals surface area (Å²) in [6.45, 7) is 14.9. The van der Waals surface area contributed by atoms with E-state index in [4.69, 9.17) is 25.9 Å². The summed E-state index contributed by atoms with van der Waals surface area (Å²) in [5, 5.41) is 0. The summed E-state index contributed by atoms with van der Waals surface area (Å²) in [5.74, 6) is 0.923. The zero-order valence-corrected chi connectivity index (χ0v) is 33.8. The first kappa shape index (κ1) is 51.6. The lowest BCUT2D eigenvalue weighted by Gasteiger charge is -2.17. The number of allylic oxidation sites excluding steroid dienone is 5. The van der Waals surface area contributed by atoms with Crippen LogP contribution < -0.4 is 0 Å². The zero-order valence-electron chi connectivity index (χ0n) is 33.1. The van der Waals surface area contributed by atoms with Crippen LogP contribution in [0.4, 0.5) is 0 Å². The van der Waals surface area contributed by atoms with Crippen molar-refractivity contribution in [3.05, 3.63) is 42.4 Å². The average molecular weight is 711 g/mol. The molecule has 0 saturated heterocycles. The number of unbranched alkanes of at least 4 members (excludes halogenated alkanes) is 18. The van der Waals surface area contributed by atoms with Gasteiger partial charge in [-0.2, -0.15) is 0 Å². The molecule has 0 atom stereocenters. The Bertz CT molecular complexity index is 776. The van der Waals surface area contributed by atoms with Crippen LogP contribution in [-0.4, -0.2) is 56.4 Å². The highest BCUT2D eigenvalue weighted by Gasteiger charge is 2.06. The van der Waals surface area contributed by atoms with Crippen LogP contribution >= 0.6 is 11.6 Å². The highest BCUT2D eigenvalue weighted by atomic mass is 35.5. The van der Waals surface area contributed by atoms with Crippen molar-refractivity contribution in [2.45, 2.75) is 182 Å². The van der Waals surface area contributed by atoms with Gasteiger partial charge in [-0.25, -0.2) is 0 Å². The second-order valence-electron chi connectivity index (χ2n) is 12.6. The van der Waals surface area contributed by atoms with E-state index in [0.29, 0.717) is 25.9 Å². The Morgan fingerprint density at radius 3 is 1.55 bits per heavy atom. The van der Waals surface area contributed by atoms with Crippen molar-refractivity contribution >= 4 is 23.9 Å². The molecule has 0 aromatic rings. The van der Waals surface area contributed by atoms with Gasteiger partial charge >= 0.3 is 5.97 Å². The molecule has 0 fully saturated rings. The van der Waals surface area contributed by atoms with Gasteiger partial charge in [0.25, 0.3) is 0 Å².